The van der Waals surface area contributed by atoms with E-state index in [0.29, 0.717) is 0 Å². The summed E-state index contributed by atoms with van der Waals surface area (Å²) in [6.45, 7) is 12.7. The van der Waals surface area contributed by atoms with Crippen LogP contribution in [0, 0.1) is 6.92 Å². The summed E-state index contributed by atoms with van der Waals surface area (Å²) in [5.41, 5.74) is 12.9. The Morgan fingerprint density at radius 2 is 1.58 bits per heavy atom. The number of benzene rings is 4. The number of nitrogens with one attached hydrogen (secondary N) is 2. The maximum absolute atomic E-state index is 4.44. The number of H-pyrrole nitrogens is 2. The third-order valence-electron chi connectivity index (χ3n) is 9.92. The molecule has 0 radical (unpaired) electrons. The molecule has 50 heavy (non-hydrogen) atoms. The van der Waals surface area contributed by atoms with Crippen molar-refractivity contribution in [1.82, 2.24) is 19.1 Å². The van der Waals surface area contributed by atoms with Crippen LogP contribution in [0.2, 0.25) is 0 Å². The first-order valence-electron chi connectivity index (χ1n) is 17.7. The lowest BCUT2D eigenvalue weighted by molar-refractivity contribution is 1.04. The molecule has 4 heterocycles. The maximum atomic E-state index is 4.44. The lowest BCUT2D eigenvalue weighted by Gasteiger charge is -2.10. The van der Waals surface area contributed by atoms with E-state index in [4.69, 9.17) is 0 Å². The van der Waals surface area contributed by atoms with Gasteiger partial charge in [-0.1, -0.05) is 118 Å². The predicted octanol–water partition coefficient (Wildman–Crippen LogP) is 13.1. The predicted molar refractivity (Wildman–Crippen MR) is 218 cm³/mol. The molecule has 0 spiro atoms. The first-order valence-corrected chi connectivity index (χ1v) is 17.7. The van der Waals surface area contributed by atoms with Gasteiger partial charge in [0.1, 0.15) is 11.5 Å². The second-order valence-corrected chi connectivity index (χ2v) is 12.7. The summed E-state index contributed by atoms with van der Waals surface area (Å²) in [7, 11) is 0. The molecule has 0 atom stereocenters. The lowest BCUT2D eigenvalue weighted by Crippen LogP contribution is -2.00. The molecule has 4 aromatic heterocycles. The summed E-state index contributed by atoms with van der Waals surface area (Å²) in [5.74, 6) is 1.02. The molecule has 0 fully saturated rings. The molecule has 0 aliphatic heterocycles. The van der Waals surface area contributed by atoms with Crippen molar-refractivity contribution < 1.29 is 0 Å². The number of aryl methyl sites for hydroxylation is 1. The summed E-state index contributed by atoms with van der Waals surface area (Å²) >= 11 is 0. The molecule has 0 amide bonds. The molecule has 2 N–H and O–H groups in total. The molecule has 0 unspecified atom stereocenters. The number of allylic oxidation sites excluding steroid dienone is 7. The van der Waals surface area contributed by atoms with Crippen molar-refractivity contribution in [2.75, 3.05) is 0 Å². The van der Waals surface area contributed by atoms with Crippen LogP contribution in [-0.2, 0) is 0 Å². The van der Waals surface area contributed by atoms with Gasteiger partial charge in [-0.3, -0.25) is 9.13 Å². The molecule has 8 aromatic rings. The standard InChI is InChI=1S/C44H36N4.C2H6/c1-4-6-7-8-18-29-26-38-42(41-33-23-13-15-24-35(33)45-43(29)41)40(31-21-12-9-17-28(31)3)36(5-2)48(38)39-27-34-32-22-14-16-25-37(32)47(44(34)46-39)30-19-10-11-20-30;1-2/h4-6,8-19,21-27,45-46H,2,7,20H2,1,3H3;1-2H3/b6-4-,18-8+;. The number of fused-ring (bicyclic) bond motifs is 8. The number of nitrogens with zero attached hydrogens (tertiary/aromatic N) is 2. The van der Waals surface area contributed by atoms with Crippen molar-refractivity contribution in [3.63, 3.8) is 0 Å². The highest BCUT2D eigenvalue weighted by Crippen LogP contribution is 2.46. The number of hydrogen-bond donors (Lipinski definition) is 2. The van der Waals surface area contributed by atoms with Crippen LogP contribution in [0.1, 0.15) is 50.4 Å². The van der Waals surface area contributed by atoms with Gasteiger partial charge in [0.2, 0.25) is 0 Å². The molecular formula is C46H42N4. The van der Waals surface area contributed by atoms with Gasteiger partial charge in [-0.25, -0.2) is 0 Å². The van der Waals surface area contributed by atoms with Gasteiger partial charge in [-0.05, 0) is 67.8 Å². The van der Waals surface area contributed by atoms with Crippen molar-refractivity contribution in [2.45, 2.75) is 40.5 Å². The molecule has 0 saturated carbocycles. The summed E-state index contributed by atoms with van der Waals surface area (Å²) < 4.78 is 4.79. The zero-order valence-corrected chi connectivity index (χ0v) is 29.2. The Labute approximate surface area is 293 Å². The van der Waals surface area contributed by atoms with Crippen LogP contribution >= 0.6 is 0 Å². The number of aromatic nitrogens is 4. The Morgan fingerprint density at radius 3 is 2.36 bits per heavy atom. The lowest BCUT2D eigenvalue weighted by atomic mass is 9.94. The van der Waals surface area contributed by atoms with E-state index in [2.05, 4.69) is 167 Å². The molecule has 4 nitrogen and oxygen atoms in total. The first-order chi connectivity index (χ1) is 24.7. The van der Waals surface area contributed by atoms with E-state index in [1.54, 1.807) is 0 Å². The van der Waals surface area contributed by atoms with Crippen LogP contribution < -0.4 is 0 Å². The average Bonchev–Trinajstić information content (AvgIpc) is 3.98. The second kappa shape index (κ2) is 12.8. The minimum atomic E-state index is 0.882. The minimum absolute atomic E-state index is 0.882. The Balaban J connectivity index is 0.00000177. The fourth-order valence-electron chi connectivity index (χ4n) is 7.81. The number of rotatable bonds is 7. The van der Waals surface area contributed by atoms with Crippen LogP contribution in [0.4, 0.5) is 0 Å². The average molecular weight is 651 g/mol. The molecule has 4 heteroatoms. The Kier molecular flexibility index (Phi) is 8.00. The van der Waals surface area contributed by atoms with E-state index in [1.165, 1.54) is 54.8 Å². The Bertz CT molecular complexity index is 2710. The van der Waals surface area contributed by atoms with Gasteiger partial charge in [-0.15, -0.1) is 0 Å². The molecular weight excluding hydrogens is 609 g/mol. The van der Waals surface area contributed by atoms with Crippen LogP contribution in [0.25, 0.3) is 89.4 Å². The van der Waals surface area contributed by atoms with Gasteiger partial charge in [0.25, 0.3) is 0 Å². The van der Waals surface area contributed by atoms with Crippen molar-refractivity contribution >= 4 is 72.5 Å². The van der Waals surface area contributed by atoms with Gasteiger partial charge >= 0.3 is 0 Å². The highest BCUT2D eigenvalue weighted by molar-refractivity contribution is 6.27. The fourth-order valence-corrected chi connectivity index (χ4v) is 7.81. The first kappa shape index (κ1) is 31.3. The number of para-hydroxylation sites is 2. The molecule has 9 rings (SSSR count). The van der Waals surface area contributed by atoms with Gasteiger partial charge in [0, 0.05) is 55.7 Å². The minimum Gasteiger partial charge on any atom is -0.354 e. The van der Waals surface area contributed by atoms with Crippen LogP contribution in [0.15, 0.2) is 128 Å². The van der Waals surface area contributed by atoms with Gasteiger partial charge < -0.3 is 9.97 Å². The molecule has 1 aliphatic rings. The quantitative estimate of drug-likeness (QED) is 0.161. The Hall–Kier alpha value is -6.00. The maximum Gasteiger partial charge on any atom is 0.124 e. The zero-order valence-electron chi connectivity index (χ0n) is 29.2. The topological polar surface area (TPSA) is 41.4 Å². The number of hydrogen-bond acceptors (Lipinski definition) is 0. The summed E-state index contributed by atoms with van der Waals surface area (Å²) in [5, 5.41) is 6.14. The molecule has 4 aromatic carbocycles. The zero-order chi connectivity index (χ0) is 34.4. The summed E-state index contributed by atoms with van der Waals surface area (Å²) in [4.78, 5) is 7.73. The fraction of sp³-hybridized carbons (Fsp3) is 0.130. The van der Waals surface area contributed by atoms with Gasteiger partial charge in [0.05, 0.1) is 22.2 Å². The van der Waals surface area contributed by atoms with Crippen molar-refractivity contribution in [1.29, 1.82) is 0 Å². The highest BCUT2D eigenvalue weighted by atomic mass is 15.1. The largest absolute Gasteiger partial charge is 0.354 e. The van der Waals surface area contributed by atoms with Crippen LogP contribution in [-0.4, -0.2) is 19.1 Å². The van der Waals surface area contributed by atoms with Crippen LogP contribution in [0.5, 0.6) is 0 Å². The second-order valence-electron chi connectivity index (χ2n) is 12.7. The summed E-state index contributed by atoms with van der Waals surface area (Å²) in [6.07, 6.45) is 19.2. The normalized spacial score (nSPS) is 13.2. The molecule has 1 aliphatic carbocycles. The van der Waals surface area contributed by atoms with Crippen molar-refractivity contribution in [3.8, 4) is 16.9 Å². The van der Waals surface area contributed by atoms with E-state index in [9.17, 15) is 0 Å². The Morgan fingerprint density at radius 1 is 0.800 bits per heavy atom. The van der Waals surface area contributed by atoms with Crippen molar-refractivity contribution in [2.24, 2.45) is 0 Å². The number of aromatic amines is 2. The van der Waals surface area contributed by atoms with Gasteiger partial charge in [0.15, 0.2) is 0 Å². The SMILES string of the molecule is C=Cc1c(-c2ccccc2C)c2c3c([nH]c4ccccc43)c(/C=C/C/C=C\C)cc2n1-c1cc2c3ccccc3n(C3=CC=CC3)c2[nH]1.CC. The van der Waals surface area contributed by atoms with E-state index in [1.807, 2.05) is 19.9 Å². The summed E-state index contributed by atoms with van der Waals surface area (Å²) in [6, 6.07) is 30.8. The highest BCUT2D eigenvalue weighted by Gasteiger charge is 2.26. The molecule has 0 saturated heterocycles. The van der Waals surface area contributed by atoms with Crippen molar-refractivity contribution in [3.05, 3.63) is 145 Å². The van der Waals surface area contributed by atoms with E-state index < -0.39 is 0 Å². The van der Waals surface area contributed by atoms with E-state index in [-0.39, 0.29) is 0 Å². The van der Waals surface area contributed by atoms with Crippen LogP contribution in [0.3, 0.4) is 0 Å². The van der Waals surface area contributed by atoms with E-state index in [0.717, 1.165) is 52.1 Å². The smallest absolute Gasteiger partial charge is 0.124 e. The van der Waals surface area contributed by atoms with Gasteiger partial charge in [-0.2, -0.15) is 0 Å². The third kappa shape index (κ3) is 4.74. The molecule has 0 bridgehead atoms. The monoisotopic (exact) mass is 650 g/mol. The van der Waals surface area contributed by atoms with E-state index >= 15 is 0 Å². The third-order valence-corrected chi connectivity index (χ3v) is 9.92. The molecule has 246 valence electrons.